The molecule has 1 aromatic heterocycles. The largest absolute Gasteiger partial charge is 0.497 e. The lowest BCUT2D eigenvalue weighted by molar-refractivity contribution is -0.127. The van der Waals surface area contributed by atoms with E-state index in [9.17, 15) is 9.59 Å². The number of amides is 2. The maximum absolute atomic E-state index is 11.9. The summed E-state index contributed by atoms with van der Waals surface area (Å²) >= 11 is 0. The lowest BCUT2D eigenvalue weighted by Gasteiger charge is -2.31. The Labute approximate surface area is 176 Å². The molecule has 0 saturated carbocycles. The number of carbonyl (C=O) groups is 2. The third kappa shape index (κ3) is 4.71. The van der Waals surface area contributed by atoms with Gasteiger partial charge in [-0.2, -0.15) is 5.10 Å². The Morgan fingerprint density at radius 2 is 2.03 bits per heavy atom. The highest BCUT2D eigenvalue weighted by molar-refractivity contribution is 5.94. The van der Waals surface area contributed by atoms with Gasteiger partial charge in [-0.05, 0) is 55.0 Å². The van der Waals surface area contributed by atoms with Crippen molar-refractivity contribution in [1.29, 1.82) is 0 Å². The third-order valence-electron chi connectivity index (χ3n) is 5.26. The molecule has 2 N–H and O–H groups in total. The number of ether oxygens (including phenoxy) is 1. The smallest absolute Gasteiger partial charge is 0.253 e. The predicted molar refractivity (Wildman–Crippen MR) is 114 cm³/mol. The Kier molecular flexibility index (Phi) is 6.58. The molecule has 2 aromatic rings. The Bertz CT molecular complexity index is 999. The zero-order valence-electron chi connectivity index (χ0n) is 17.4. The number of benzene rings is 1. The zero-order valence-corrected chi connectivity index (χ0v) is 17.4. The molecule has 0 aliphatic carbocycles. The van der Waals surface area contributed by atoms with Gasteiger partial charge in [0.25, 0.3) is 5.91 Å². The summed E-state index contributed by atoms with van der Waals surface area (Å²) in [7, 11) is 1.62. The van der Waals surface area contributed by atoms with Crippen molar-refractivity contribution in [1.82, 2.24) is 14.7 Å². The highest BCUT2D eigenvalue weighted by Crippen LogP contribution is 2.23. The van der Waals surface area contributed by atoms with Crippen LogP contribution in [0.3, 0.4) is 0 Å². The fourth-order valence-corrected chi connectivity index (χ4v) is 3.52. The lowest BCUT2D eigenvalue weighted by atomic mass is 10.1. The van der Waals surface area contributed by atoms with Crippen molar-refractivity contribution < 1.29 is 14.3 Å². The first kappa shape index (κ1) is 21.2. The standard InChI is InChI=1S/C23H26N4O3/c1-4-16-12-17(14-19(13-16)30-3)6-7-21-20(23(24)29)15-27(25-21)18-8-10-26(11-9-18)22(28)5-2/h5,12-15,18H,2,4,8-11H2,1,3H3,(H2,24,29). The van der Waals surface area contributed by atoms with Crippen LogP contribution < -0.4 is 10.5 Å². The molecule has 156 valence electrons. The number of primary amides is 1. The van der Waals surface area contributed by atoms with Crippen molar-refractivity contribution in [2.24, 2.45) is 5.73 Å². The van der Waals surface area contributed by atoms with Crippen molar-refractivity contribution in [3.05, 3.63) is 59.4 Å². The molecule has 0 unspecified atom stereocenters. The maximum Gasteiger partial charge on any atom is 0.253 e. The fraction of sp³-hybridized carbons (Fsp3) is 0.348. The van der Waals surface area contributed by atoms with Crippen LogP contribution in [0.5, 0.6) is 5.75 Å². The van der Waals surface area contributed by atoms with Gasteiger partial charge in [-0.25, -0.2) is 0 Å². The molecule has 0 radical (unpaired) electrons. The van der Waals surface area contributed by atoms with E-state index >= 15 is 0 Å². The Hall–Kier alpha value is -3.53. The van der Waals surface area contributed by atoms with Crippen LogP contribution in [0.1, 0.15) is 53.0 Å². The summed E-state index contributed by atoms with van der Waals surface area (Å²) in [6.07, 6.45) is 5.32. The molecule has 0 atom stereocenters. The van der Waals surface area contributed by atoms with E-state index in [1.807, 2.05) is 18.2 Å². The average molecular weight is 406 g/mol. The number of carbonyl (C=O) groups excluding carboxylic acids is 2. The van der Waals surface area contributed by atoms with E-state index in [-0.39, 0.29) is 11.9 Å². The van der Waals surface area contributed by atoms with Crippen molar-refractivity contribution in [3.63, 3.8) is 0 Å². The number of piperidine rings is 1. The predicted octanol–water partition coefficient (Wildman–Crippen LogP) is 2.30. The molecule has 7 nitrogen and oxygen atoms in total. The first-order valence-electron chi connectivity index (χ1n) is 9.95. The number of methoxy groups -OCH3 is 1. The van der Waals surface area contributed by atoms with Gasteiger partial charge in [0.15, 0.2) is 0 Å². The second-order valence-corrected chi connectivity index (χ2v) is 7.17. The number of hydrogen-bond acceptors (Lipinski definition) is 4. The van der Waals surface area contributed by atoms with Gasteiger partial charge in [0, 0.05) is 24.8 Å². The monoisotopic (exact) mass is 406 g/mol. The van der Waals surface area contributed by atoms with E-state index in [4.69, 9.17) is 10.5 Å². The molecule has 30 heavy (non-hydrogen) atoms. The highest BCUT2D eigenvalue weighted by Gasteiger charge is 2.24. The van der Waals surface area contributed by atoms with E-state index in [2.05, 4.69) is 30.4 Å². The molecule has 0 bridgehead atoms. The third-order valence-corrected chi connectivity index (χ3v) is 5.26. The second kappa shape index (κ2) is 9.31. The molecule has 2 amide bonds. The van der Waals surface area contributed by atoms with E-state index in [0.29, 0.717) is 24.3 Å². The Morgan fingerprint density at radius 1 is 1.30 bits per heavy atom. The summed E-state index contributed by atoms with van der Waals surface area (Å²) < 4.78 is 7.09. The molecule has 3 rings (SSSR count). The summed E-state index contributed by atoms with van der Waals surface area (Å²) in [5.74, 6) is 6.17. The van der Waals surface area contributed by atoms with Crippen LogP contribution >= 0.6 is 0 Å². The highest BCUT2D eigenvalue weighted by atomic mass is 16.5. The minimum atomic E-state index is -0.565. The van der Waals surface area contributed by atoms with Gasteiger partial charge in [-0.1, -0.05) is 19.4 Å². The first-order chi connectivity index (χ1) is 14.4. The number of rotatable bonds is 5. The number of nitrogens with two attached hydrogens (primary N) is 1. The number of likely N-dealkylation sites (tertiary alicyclic amines) is 1. The minimum absolute atomic E-state index is 0.0666. The lowest BCUT2D eigenvalue weighted by Crippen LogP contribution is -2.38. The van der Waals surface area contributed by atoms with Crippen LogP contribution in [0, 0.1) is 11.8 Å². The Morgan fingerprint density at radius 3 is 2.63 bits per heavy atom. The zero-order chi connectivity index (χ0) is 21.7. The van der Waals surface area contributed by atoms with Crippen LogP contribution in [0.25, 0.3) is 0 Å². The number of aromatic nitrogens is 2. The van der Waals surface area contributed by atoms with Crippen LogP contribution in [-0.2, 0) is 11.2 Å². The van der Waals surface area contributed by atoms with Gasteiger partial charge in [0.05, 0.1) is 18.7 Å². The topological polar surface area (TPSA) is 90.5 Å². The summed E-state index contributed by atoms with van der Waals surface area (Å²) in [6, 6.07) is 5.89. The summed E-state index contributed by atoms with van der Waals surface area (Å²) in [4.78, 5) is 25.5. The summed E-state index contributed by atoms with van der Waals surface area (Å²) in [5, 5.41) is 4.53. The van der Waals surface area contributed by atoms with Gasteiger partial charge < -0.3 is 15.4 Å². The molecule has 1 saturated heterocycles. The number of aryl methyl sites for hydroxylation is 1. The molecule has 1 aliphatic rings. The van der Waals surface area contributed by atoms with Crippen molar-refractivity contribution in [3.8, 4) is 17.6 Å². The molecular weight excluding hydrogens is 380 g/mol. The van der Waals surface area contributed by atoms with Crippen LogP contribution in [-0.4, -0.2) is 46.7 Å². The molecule has 2 heterocycles. The molecule has 1 fully saturated rings. The molecule has 7 heteroatoms. The van der Waals surface area contributed by atoms with E-state index in [0.717, 1.165) is 36.1 Å². The SMILES string of the molecule is C=CC(=O)N1CCC(n2cc(C(N)=O)c(C#Cc3cc(CC)cc(OC)c3)n2)CC1. The van der Waals surface area contributed by atoms with Gasteiger partial charge in [-0.15, -0.1) is 0 Å². The average Bonchev–Trinajstić information content (AvgIpc) is 3.21. The van der Waals surface area contributed by atoms with Gasteiger partial charge in [0.2, 0.25) is 5.91 Å². The minimum Gasteiger partial charge on any atom is -0.497 e. The fourth-order valence-electron chi connectivity index (χ4n) is 3.52. The van der Waals surface area contributed by atoms with Crippen LogP contribution in [0.4, 0.5) is 0 Å². The maximum atomic E-state index is 11.9. The number of hydrogen-bond donors (Lipinski definition) is 1. The summed E-state index contributed by atoms with van der Waals surface area (Å²) in [5.41, 5.74) is 8.10. The molecule has 1 aliphatic heterocycles. The van der Waals surface area contributed by atoms with Crippen molar-refractivity contribution >= 4 is 11.8 Å². The van der Waals surface area contributed by atoms with Crippen molar-refractivity contribution in [2.45, 2.75) is 32.2 Å². The van der Waals surface area contributed by atoms with E-state index in [1.54, 1.807) is 22.9 Å². The normalized spacial score (nSPS) is 14.0. The van der Waals surface area contributed by atoms with E-state index < -0.39 is 5.91 Å². The van der Waals surface area contributed by atoms with Gasteiger partial charge in [0.1, 0.15) is 11.4 Å². The molecule has 0 spiro atoms. The van der Waals surface area contributed by atoms with Gasteiger partial charge >= 0.3 is 0 Å². The summed E-state index contributed by atoms with van der Waals surface area (Å²) in [6.45, 7) is 6.83. The second-order valence-electron chi connectivity index (χ2n) is 7.17. The number of nitrogens with zero attached hydrogens (tertiary/aromatic N) is 3. The van der Waals surface area contributed by atoms with Crippen LogP contribution in [0.15, 0.2) is 37.1 Å². The first-order valence-corrected chi connectivity index (χ1v) is 9.95. The quantitative estimate of drug-likeness (QED) is 0.609. The Balaban J connectivity index is 1.85. The van der Waals surface area contributed by atoms with Crippen LogP contribution in [0.2, 0.25) is 0 Å². The van der Waals surface area contributed by atoms with Crippen molar-refractivity contribution in [2.75, 3.05) is 20.2 Å². The molecular formula is C23H26N4O3. The molecule has 1 aromatic carbocycles. The van der Waals surface area contributed by atoms with Gasteiger partial charge in [-0.3, -0.25) is 14.3 Å². The van der Waals surface area contributed by atoms with E-state index in [1.165, 1.54) is 6.08 Å².